The molecule has 0 spiro atoms. The molecule has 0 aliphatic carbocycles. The third-order valence-electron chi connectivity index (χ3n) is 9.56. The van der Waals surface area contributed by atoms with Crippen LogP contribution in [0.3, 0.4) is 0 Å². The van der Waals surface area contributed by atoms with Gasteiger partial charge >= 0.3 is 6.97 Å². The lowest BCUT2D eigenvalue weighted by molar-refractivity contribution is -0.363. The van der Waals surface area contributed by atoms with E-state index in [0.717, 1.165) is 66.8 Å². The Hall–Kier alpha value is -4.89. The Bertz CT molecular complexity index is 2060. The topological polar surface area (TPSA) is 29.6 Å². The fourth-order valence-corrected chi connectivity index (χ4v) is 8.42. The van der Waals surface area contributed by atoms with Crippen LogP contribution in [0.25, 0.3) is 22.3 Å². The molecular weight excluding hydrogens is 611 g/mol. The van der Waals surface area contributed by atoms with Gasteiger partial charge in [0.05, 0.1) is 19.8 Å². The monoisotopic (exact) mass is 647 g/mol. The summed E-state index contributed by atoms with van der Waals surface area (Å²) in [6, 6.07) is 27.9. The minimum Gasteiger partial charge on any atom is -0.497 e. The van der Waals surface area contributed by atoms with Gasteiger partial charge in [0, 0.05) is 51.3 Å². The summed E-state index contributed by atoms with van der Waals surface area (Å²) >= 11 is 1.58. The van der Waals surface area contributed by atoms with Gasteiger partial charge in [-0.1, -0.05) is 18.2 Å². The predicted molar refractivity (Wildman–Crippen MR) is 191 cm³/mol. The molecule has 238 valence electrons. The van der Waals surface area contributed by atoms with Crippen molar-refractivity contribution in [2.24, 2.45) is 0 Å². The molecule has 7 rings (SSSR count). The molecule has 0 bridgehead atoms. The van der Waals surface area contributed by atoms with Crippen LogP contribution in [0.5, 0.6) is 11.5 Å². The molecule has 2 aromatic heterocycles. The summed E-state index contributed by atoms with van der Waals surface area (Å²) in [5.74, 6) is 1.54. The van der Waals surface area contributed by atoms with Crippen LogP contribution in [-0.4, -0.2) is 35.9 Å². The Morgan fingerprint density at radius 2 is 1.26 bits per heavy atom. The number of rotatable bonds is 7. The van der Waals surface area contributed by atoms with Crippen LogP contribution in [-0.2, 0) is 0 Å². The Morgan fingerprint density at radius 3 is 1.74 bits per heavy atom. The SMILES string of the molecule is COc1ccc(N(c2ccc(OC)cc2)c2ccc(-c3c(C)c4n(c3C)[B-](F)(F)[N+]3=C(C)C(c5cccs5)=C(C)C3=C4C)cc2)cc1. The van der Waals surface area contributed by atoms with E-state index in [1.807, 2.05) is 125 Å². The van der Waals surface area contributed by atoms with Crippen LogP contribution in [0.2, 0.25) is 0 Å². The van der Waals surface area contributed by atoms with Crippen molar-refractivity contribution in [2.45, 2.75) is 34.6 Å². The van der Waals surface area contributed by atoms with E-state index in [1.165, 1.54) is 8.96 Å². The lowest BCUT2D eigenvalue weighted by atomic mass is 9.86. The summed E-state index contributed by atoms with van der Waals surface area (Å²) in [6.45, 7) is 5.44. The zero-order valence-corrected chi connectivity index (χ0v) is 28.4. The summed E-state index contributed by atoms with van der Waals surface area (Å²) in [6.07, 6.45) is 0. The second-order valence-electron chi connectivity index (χ2n) is 12.1. The van der Waals surface area contributed by atoms with E-state index < -0.39 is 6.97 Å². The summed E-state index contributed by atoms with van der Waals surface area (Å²) in [4.78, 5) is 3.16. The number of allylic oxidation sites excluding steroid dienone is 3. The summed E-state index contributed by atoms with van der Waals surface area (Å²) in [7, 11) is 3.30. The summed E-state index contributed by atoms with van der Waals surface area (Å²) in [5.41, 5.74) is 10.5. The Balaban J connectivity index is 1.34. The van der Waals surface area contributed by atoms with Gasteiger partial charge in [-0.25, -0.2) is 0 Å². The van der Waals surface area contributed by atoms with Gasteiger partial charge in [0.2, 0.25) is 0 Å². The van der Waals surface area contributed by atoms with Crippen LogP contribution in [0.15, 0.2) is 102 Å². The van der Waals surface area contributed by atoms with Crippen molar-refractivity contribution in [3.63, 3.8) is 0 Å². The van der Waals surface area contributed by atoms with E-state index in [1.54, 1.807) is 25.6 Å². The van der Waals surface area contributed by atoms with Gasteiger partial charge < -0.3 is 32.0 Å². The van der Waals surface area contributed by atoms with Gasteiger partial charge in [-0.15, -0.1) is 11.3 Å². The molecular formula is C38H36BF2N3O2S. The maximum Gasteiger partial charge on any atom is 0.737 e. The third kappa shape index (κ3) is 4.67. The fourth-order valence-electron chi connectivity index (χ4n) is 7.54. The van der Waals surface area contributed by atoms with E-state index in [0.29, 0.717) is 22.8 Å². The first kappa shape index (κ1) is 30.8. The highest BCUT2D eigenvalue weighted by Crippen LogP contribution is 2.48. The quantitative estimate of drug-likeness (QED) is 0.165. The molecule has 0 saturated heterocycles. The lowest BCUT2D eigenvalue weighted by Crippen LogP contribution is -2.51. The maximum absolute atomic E-state index is 16.8. The molecule has 0 saturated carbocycles. The van der Waals surface area contributed by atoms with Crippen LogP contribution in [0.4, 0.5) is 25.7 Å². The normalized spacial score (nSPS) is 15.3. The smallest absolute Gasteiger partial charge is 0.497 e. The van der Waals surface area contributed by atoms with Crippen molar-refractivity contribution in [1.82, 2.24) is 4.48 Å². The van der Waals surface area contributed by atoms with E-state index in [2.05, 4.69) is 4.90 Å². The number of hydrogen-bond donors (Lipinski definition) is 0. The van der Waals surface area contributed by atoms with Crippen molar-refractivity contribution in [3.8, 4) is 22.6 Å². The molecule has 0 atom stereocenters. The molecule has 0 N–H and O–H groups in total. The molecule has 2 aliphatic heterocycles. The molecule has 0 fully saturated rings. The molecule has 9 heteroatoms. The Labute approximate surface area is 278 Å². The average Bonchev–Trinajstić information content (AvgIpc) is 3.76. The molecule has 3 aromatic carbocycles. The van der Waals surface area contributed by atoms with Crippen molar-refractivity contribution in [1.29, 1.82) is 0 Å². The van der Waals surface area contributed by atoms with E-state index in [-0.39, 0.29) is 0 Å². The molecule has 2 aliphatic rings. The number of nitrogens with zero attached hydrogens (tertiary/aromatic N) is 3. The highest BCUT2D eigenvalue weighted by molar-refractivity contribution is 7.11. The van der Waals surface area contributed by atoms with Crippen molar-refractivity contribution < 1.29 is 22.6 Å². The van der Waals surface area contributed by atoms with E-state index >= 15 is 8.63 Å². The molecule has 5 aromatic rings. The summed E-state index contributed by atoms with van der Waals surface area (Å²) < 4.78 is 47.1. The highest BCUT2D eigenvalue weighted by atomic mass is 32.1. The van der Waals surface area contributed by atoms with Crippen LogP contribution >= 0.6 is 11.3 Å². The van der Waals surface area contributed by atoms with Gasteiger partial charge in [-0.05, 0) is 117 Å². The number of methoxy groups -OCH3 is 2. The second kappa shape index (κ2) is 11.4. The average molecular weight is 648 g/mol. The molecule has 0 unspecified atom stereocenters. The number of ether oxygens (including phenoxy) is 2. The Kier molecular flexibility index (Phi) is 7.47. The van der Waals surface area contributed by atoms with Crippen LogP contribution in [0.1, 0.15) is 42.6 Å². The van der Waals surface area contributed by atoms with E-state index in [9.17, 15) is 0 Å². The molecule has 5 nitrogen and oxygen atoms in total. The predicted octanol–water partition coefficient (Wildman–Crippen LogP) is 10.2. The highest BCUT2D eigenvalue weighted by Gasteiger charge is 2.56. The number of hydrogen-bond acceptors (Lipinski definition) is 4. The molecule has 4 heterocycles. The number of thiophene rings is 1. The third-order valence-corrected chi connectivity index (χ3v) is 10.5. The largest absolute Gasteiger partial charge is 0.737 e. The van der Waals surface area contributed by atoms with E-state index in [4.69, 9.17) is 9.47 Å². The first-order valence-corrected chi connectivity index (χ1v) is 16.5. The van der Waals surface area contributed by atoms with Crippen LogP contribution < -0.4 is 14.4 Å². The zero-order chi connectivity index (χ0) is 33.2. The number of fused-ring (bicyclic) bond motifs is 2. The van der Waals surface area contributed by atoms with Crippen molar-refractivity contribution >= 4 is 52.2 Å². The first-order valence-electron chi connectivity index (χ1n) is 15.6. The zero-order valence-electron chi connectivity index (χ0n) is 27.6. The molecule has 0 radical (unpaired) electrons. The standard InChI is InChI=1S/C38H36BF2N3O2S/c1-23-35(26(4)43-37(23)25(3)38-24(2)36(34-9-8-22-47-34)27(5)44(38)39(43,40)41)28-10-12-29(13-11-28)42(30-14-18-32(45-6)19-15-30)31-16-20-33(46-7)21-17-31/h8-22H,1-7H3. The van der Waals surface area contributed by atoms with Crippen LogP contribution in [0, 0.1) is 13.8 Å². The number of halogens is 2. The van der Waals surface area contributed by atoms with Gasteiger partial charge in [0.25, 0.3) is 0 Å². The van der Waals surface area contributed by atoms with Crippen molar-refractivity contribution in [3.05, 3.63) is 123 Å². The minimum atomic E-state index is -4.13. The second-order valence-corrected chi connectivity index (χ2v) is 13.0. The van der Waals surface area contributed by atoms with Gasteiger partial charge in [0.1, 0.15) is 17.2 Å². The maximum atomic E-state index is 16.8. The molecule has 47 heavy (non-hydrogen) atoms. The van der Waals surface area contributed by atoms with Gasteiger partial charge in [0.15, 0.2) is 5.70 Å². The van der Waals surface area contributed by atoms with Crippen molar-refractivity contribution in [2.75, 3.05) is 19.1 Å². The summed E-state index contributed by atoms with van der Waals surface area (Å²) in [5, 5.41) is 1.99. The number of benzene rings is 3. The number of aromatic nitrogens is 1. The Morgan fingerprint density at radius 1 is 0.723 bits per heavy atom. The number of anilines is 3. The van der Waals surface area contributed by atoms with Gasteiger partial charge in [-0.2, -0.15) is 0 Å². The van der Waals surface area contributed by atoms with Gasteiger partial charge in [-0.3, -0.25) is 0 Å². The fraction of sp³-hybridized carbons (Fsp3) is 0.184. The minimum absolute atomic E-state index is 0.561. The first-order chi connectivity index (χ1) is 22.6. The molecule has 0 amide bonds. The lowest BCUT2D eigenvalue weighted by Gasteiger charge is -2.32.